The minimum absolute atomic E-state index is 0.177. The summed E-state index contributed by atoms with van der Waals surface area (Å²) in [6.45, 7) is 9.11. The van der Waals surface area contributed by atoms with E-state index in [1.807, 2.05) is 36.1 Å². The first-order valence-electron chi connectivity index (χ1n) is 6.79. The second-order valence-electron chi connectivity index (χ2n) is 4.95. The number of carbonyl (C=O) groups excluding carboxylic acids is 1. The van der Waals surface area contributed by atoms with E-state index in [-0.39, 0.29) is 5.91 Å². The quantitative estimate of drug-likeness (QED) is 0.798. The van der Waals surface area contributed by atoms with Crippen LogP contribution in [0.5, 0.6) is 0 Å². The Kier molecular flexibility index (Phi) is 4.37. The smallest absolute Gasteiger partial charge is 0.253 e. The molecule has 0 aliphatic carbocycles. The van der Waals surface area contributed by atoms with Crippen molar-refractivity contribution in [2.75, 3.05) is 32.7 Å². The van der Waals surface area contributed by atoms with E-state index in [9.17, 15) is 4.79 Å². The minimum Gasteiger partial charge on any atom is -0.337 e. The number of rotatable bonds is 2. The van der Waals surface area contributed by atoms with Crippen molar-refractivity contribution < 1.29 is 4.79 Å². The summed E-state index contributed by atoms with van der Waals surface area (Å²) in [6, 6.07) is 7.87. The fourth-order valence-electron chi connectivity index (χ4n) is 2.45. The molecule has 1 amide bonds. The zero-order valence-corrected chi connectivity index (χ0v) is 11.4. The number of likely N-dealkylation sites (N-methyl/N-ethyl adjacent to an activating group) is 1. The van der Waals surface area contributed by atoms with Gasteiger partial charge in [0.2, 0.25) is 0 Å². The molecule has 0 saturated carbocycles. The maximum absolute atomic E-state index is 12.4. The molecule has 1 aliphatic rings. The number of amides is 1. The Morgan fingerprint density at radius 3 is 2.78 bits per heavy atom. The van der Waals surface area contributed by atoms with Crippen LogP contribution in [0.25, 0.3) is 0 Å². The molecule has 0 bridgehead atoms. The van der Waals surface area contributed by atoms with E-state index in [1.54, 1.807) is 0 Å². The minimum atomic E-state index is 0.177. The van der Waals surface area contributed by atoms with E-state index < -0.39 is 0 Å². The topological polar surface area (TPSA) is 23.6 Å². The van der Waals surface area contributed by atoms with Gasteiger partial charge < -0.3 is 9.80 Å². The fourth-order valence-corrected chi connectivity index (χ4v) is 2.45. The van der Waals surface area contributed by atoms with Gasteiger partial charge >= 0.3 is 0 Å². The molecule has 2 rings (SSSR count). The largest absolute Gasteiger partial charge is 0.337 e. The third kappa shape index (κ3) is 3.10. The van der Waals surface area contributed by atoms with E-state index in [0.29, 0.717) is 0 Å². The summed E-state index contributed by atoms with van der Waals surface area (Å²) in [6.07, 6.45) is 1.07. The van der Waals surface area contributed by atoms with Crippen LogP contribution >= 0.6 is 0 Å². The van der Waals surface area contributed by atoms with E-state index in [0.717, 1.165) is 50.3 Å². The van der Waals surface area contributed by atoms with Crippen LogP contribution in [-0.4, -0.2) is 48.4 Å². The molecule has 0 radical (unpaired) electrons. The molecule has 0 aromatic heterocycles. The highest BCUT2D eigenvalue weighted by atomic mass is 16.2. The van der Waals surface area contributed by atoms with Crippen molar-refractivity contribution in [3.05, 3.63) is 35.4 Å². The van der Waals surface area contributed by atoms with Crippen LogP contribution in [0, 0.1) is 6.92 Å². The molecule has 98 valence electrons. The molecule has 0 atom stereocenters. The zero-order valence-electron chi connectivity index (χ0n) is 11.4. The van der Waals surface area contributed by atoms with Gasteiger partial charge in [0, 0.05) is 25.2 Å². The molecule has 1 aliphatic heterocycles. The molecule has 3 heteroatoms. The zero-order chi connectivity index (χ0) is 13.0. The Morgan fingerprint density at radius 2 is 2.06 bits per heavy atom. The Labute approximate surface area is 109 Å². The third-order valence-corrected chi connectivity index (χ3v) is 3.59. The van der Waals surface area contributed by atoms with E-state index in [2.05, 4.69) is 11.8 Å². The van der Waals surface area contributed by atoms with Crippen LogP contribution < -0.4 is 0 Å². The van der Waals surface area contributed by atoms with Gasteiger partial charge in [-0.05, 0) is 38.6 Å². The molecule has 0 N–H and O–H groups in total. The van der Waals surface area contributed by atoms with E-state index in [1.165, 1.54) is 0 Å². The lowest BCUT2D eigenvalue weighted by atomic mass is 10.1. The highest BCUT2D eigenvalue weighted by Gasteiger charge is 2.19. The second kappa shape index (κ2) is 6.01. The monoisotopic (exact) mass is 246 g/mol. The standard InChI is InChI=1S/C15H22N2O/c1-3-16-8-5-9-17(11-10-16)15(18)14-7-4-6-13(2)12-14/h4,6-7,12H,3,5,8-11H2,1-2H3. The van der Waals surface area contributed by atoms with Gasteiger partial charge in [0.05, 0.1) is 0 Å². The molecular formula is C15H22N2O. The molecule has 0 spiro atoms. The number of aryl methyl sites for hydroxylation is 1. The lowest BCUT2D eigenvalue weighted by molar-refractivity contribution is 0.0761. The van der Waals surface area contributed by atoms with Crippen molar-refractivity contribution in [1.29, 1.82) is 0 Å². The first-order chi connectivity index (χ1) is 8.70. The molecular weight excluding hydrogens is 224 g/mol. The summed E-state index contributed by atoms with van der Waals surface area (Å²) < 4.78 is 0. The molecule has 0 unspecified atom stereocenters. The van der Waals surface area contributed by atoms with Gasteiger partial charge in [-0.25, -0.2) is 0 Å². The van der Waals surface area contributed by atoms with Crippen LogP contribution in [-0.2, 0) is 0 Å². The van der Waals surface area contributed by atoms with Gasteiger partial charge in [0.1, 0.15) is 0 Å². The van der Waals surface area contributed by atoms with Gasteiger partial charge in [0.25, 0.3) is 5.91 Å². The van der Waals surface area contributed by atoms with Gasteiger partial charge in [-0.1, -0.05) is 24.6 Å². The summed E-state index contributed by atoms with van der Waals surface area (Å²) in [5.74, 6) is 0.177. The fraction of sp³-hybridized carbons (Fsp3) is 0.533. The van der Waals surface area contributed by atoms with Gasteiger partial charge in [0.15, 0.2) is 0 Å². The summed E-state index contributed by atoms with van der Waals surface area (Å²) in [7, 11) is 0. The molecule has 18 heavy (non-hydrogen) atoms. The number of hydrogen-bond donors (Lipinski definition) is 0. The van der Waals surface area contributed by atoms with Crippen molar-refractivity contribution in [1.82, 2.24) is 9.80 Å². The molecule has 1 fully saturated rings. The Hall–Kier alpha value is -1.35. The highest BCUT2D eigenvalue weighted by Crippen LogP contribution is 2.10. The highest BCUT2D eigenvalue weighted by molar-refractivity contribution is 5.94. The van der Waals surface area contributed by atoms with Crippen LogP contribution in [0.2, 0.25) is 0 Å². The second-order valence-corrected chi connectivity index (χ2v) is 4.95. The van der Waals surface area contributed by atoms with Crippen LogP contribution in [0.3, 0.4) is 0 Å². The predicted molar refractivity (Wildman–Crippen MR) is 73.8 cm³/mol. The SMILES string of the molecule is CCN1CCCN(C(=O)c2cccc(C)c2)CC1. The number of carbonyl (C=O) groups is 1. The first-order valence-corrected chi connectivity index (χ1v) is 6.79. The average Bonchev–Trinajstić information content (AvgIpc) is 2.63. The van der Waals surface area contributed by atoms with Crippen LogP contribution in [0.1, 0.15) is 29.3 Å². The Bertz CT molecular complexity index is 417. The van der Waals surface area contributed by atoms with Crippen molar-refractivity contribution in [3.8, 4) is 0 Å². The maximum Gasteiger partial charge on any atom is 0.253 e. The van der Waals surface area contributed by atoms with Crippen LogP contribution in [0.15, 0.2) is 24.3 Å². The Morgan fingerprint density at radius 1 is 1.22 bits per heavy atom. The Balaban J connectivity index is 2.05. The third-order valence-electron chi connectivity index (χ3n) is 3.59. The molecule has 1 aromatic rings. The lowest BCUT2D eigenvalue weighted by Crippen LogP contribution is -2.35. The molecule has 1 saturated heterocycles. The van der Waals surface area contributed by atoms with Crippen molar-refractivity contribution >= 4 is 5.91 Å². The summed E-state index contributed by atoms with van der Waals surface area (Å²) in [4.78, 5) is 16.8. The first kappa shape index (κ1) is 13.1. The average molecular weight is 246 g/mol. The number of benzene rings is 1. The van der Waals surface area contributed by atoms with Crippen molar-refractivity contribution in [2.24, 2.45) is 0 Å². The summed E-state index contributed by atoms with van der Waals surface area (Å²) in [5.41, 5.74) is 1.96. The maximum atomic E-state index is 12.4. The molecule has 1 heterocycles. The van der Waals surface area contributed by atoms with Gasteiger partial charge in [-0.2, -0.15) is 0 Å². The van der Waals surface area contributed by atoms with Crippen molar-refractivity contribution in [2.45, 2.75) is 20.3 Å². The van der Waals surface area contributed by atoms with Gasteiger partial charge in [-0.3, -0.25) is 4.79 Å². The van der Waals surface area contributed by atoms with Crippen LogP contribution in [0.4, 0.5) is 0 Å². The molecule has 3 nitrogen and oxygen atoms in total. The van der Waals surface area contributed by atoms with Crippen molar-refractivity contribution in [3.63, 3.8) is 0 Å². The predicted octanol–water partition coefficient (Wildman–Crippen LogP) is 2.16. The number of hydrogen-bond acceptors (Lipinski definition) is 2. The summed E-state index contributed by atoms with van der Waals surface area (Å²) >= 11 is 0. The number of nitrogens with zero attached hydrogens (tertiary/aromatic N) is 2. The van der Waals surface area contributed by atoms with Gasteiger partial charge in [-0.15, -0.1) is 0 Å². The van der Waals surface area contributed by atoms with E-state index in [4.69, 9.17) is 0 Å². The molecule has 1 aromatic carbocycles. The normalized spacial score (nSPS) is 17.6. The summed E-state index contributed by atoms with van der Waals surface area (Å²) in [5, 5.41) is 0. The lowest BCUT2D eigenvalue weighted by Gasteiger charge is -2.21. The van der Waals surface area contributed by atoms with E-state index >= 15 is 0 Å².